The van der Waals surface area contributed by atoms with Crippen molar-refractivity contribution in [3.63, 3.8) is 0 Å². The number of pyridine rings is 1. The second-order valence-corrected chi connectivity index (χ2v) is 5.76. The van der Waals surface area contributed by atoms with Crippen LogP contribution in [0.3, 0.4) is 0 Å². The number of aromatic nitrogens is 1. The van der Waals surface area contributed by atoms with Gasteiger partial charge in [-0.1, -0.05) is 27.7 Å². The number of aryl methyl sites for hydroxylation is 1. The third-order valence-corrected chi connectivity index (χ3v) is 3.76. The molecule has 0 saturated carbocycles. The first-order chi connectivity index (χ1) is 9.51. The van der Waals surface area contributed by atoms with Gasteiger partial charge in [0.1, 0.15) is 5.82 Å². The summed E-state index contributed by atoms with van der Waals surface area (Å²) < 4.78 is 0. The number of rotatable bonds is 8. The monoisotopic (exact) mass is 277 g/mol. The second-order valence-electron chi connectivity index (χ2n) is 5.76. The molecule has 0 saturated heterocycles. The molecule has 0 fully saturated rings. The van der Waals surface area contributed by atoms with Crippen LogP contribution in [0.5, 0.6) is 0 Å². The average molecular weight is 277 g/mol. The smallest absolute Gasteiger partial charge is 0.129 e. The third kappa shape index (κ3) is 4.78. The number of nitrogens with one attached hydrogen (secondary N) is 1. The molecule has 0 aliphatic rings. The van der Waals surface area contributed by atoms with Crippen molar-refractivity contribution in [3.05, 3.63) is 23.4 Å². The second kappa shape index (κ2) is 8.25. The molecule has 1 unspecified atom stereocenters. The highest BCUT2D eigenvalue weighted by atomic mass is 15.2. The van der Waals surface area contributed by atoms with Gasteiger partial charge in [0.25, 0.3) is 0 Å². The van der Waals surface area contributed by atoms with Gasteiger partial charge in [0, 0.05) is 30.9 Å². The first-order valence-corrected chi connectivity index (χ1v) is 8.01. The zero-order chi connectivity index (χ0) is 15.1. The van der Waals surface area contributed by atoms with Crippen LogP contribution < -0.4 is 10.2 Å². The normalized spacial score (nSPS) is 12.8. The van der Waals surface area contributed by atoms with Crippen molar-refractivity contribution in [1.29, 1.82) is 0 Å². The quantitative estimate of drug-likeness (QED) is 0.784. The van der Waals surface area contributed by atoms with Crippen LogP contribution >= 0.6 is 0 Å². The van der Waals surface area contributed by atoms with E-state index in [1.165, 1.54) is 11.3 Å². The Bertz CT molecular complexity index is 401. The maximum Gasteiger partial charge on any atom is 0.129 e. The molecule has 0 aliphatic carbocycles. The third-order valence-electron chi connectivity index (χ3n) is 3.76. The van der Waals surface area contributed by atoms with Crippen molar-refractivity contribution < 1.29 is 0 Å². The first-order valence-electron chi connectivity index (χ1n) is 8.01. The van der Waals surface area contributed by atoms with Crippen molar-refractivity contribution in [3.8, 4) is 0 Å². The molecule has 1 heterocycles. The van der Waals surface area contributed by atoms with E-state index in [0.29, 0.717) is 12.1 Å². The van der Waals surface area contributed by atoms with Gasteiger partial charge in [-0.3, -0.25) is 0 Å². The molecular formula is C17H31N3. The molecule has 0 aromatic carbocycles. The Balaban J connectivity index is 3.02. The molecule has 1 atom stereocenters. The van der Waals surface area contributed by atoms with E-state index in [9.17, 15) is 0 Å². The lowest BCUT2D eigenvalue weighted by molar-refractivity contribution is 0.586. The lowest BCUT2D eigenvalue weighted by Crippen LogP contribution is -2.33. The van der Waals surface area contributed by atoms with Crippen LogP contribution in [-0.2, 0) is 13.0 Å². The van der Waals surface area contributed by atoms with Gasteiger partial charge in [-0.05, 0) is 44.4 Å². The summed E-state index contributed by atoms with van der Waals surface area (Å²) >= 11 is 0. The molecule has 1 aromatic rings. The molecule has 0 bridgehead atoms. The van der Waals surface area contributed by atoms with Gasteiger partial charge in [-0.2, -0.15) is 0 Å². The fourth-order valence-corrected chi connectivity index (χ4v) is 2.31. The largest absolute Gasteiger partial charge is 0.354 e. The lowest BCUT2D eigenvalue weighted by Gasteiger charge is -2.29. The lowest BCUT2D eigenvalue weighted by atomic mass is 10.1. The summed E-state index contributed by atoms with van der Waals surface area (Å²) in [4.78, 5) is 7.22. The van der Waals surface area contributed by atoms with Crippen LogP contribution in [0.15, 0.2) is 12.1 Å². The molecule has 1 N–H and O–H groups in total. The molecule has 0 spiro atoms. The number of anilines is 1. The average Bonchev–Trinajstić information content (AvgIpc) is 2.45. The highest BCUT2D eigenvalue weighted by Gasteiger charge is 2.14. The standard InChI is InChI=1S/C17H31N3/c1-7-14(6)20(9-3)17-11-15(12-18-13(4)5)10-16(8-2)19-17/h10-11,13-14,18H,7-9,12H2,1-6H3. The van der Waals surface area contributed by atoms with Gasteiger partial charge in [0.15, 0.2) is 0 Å². The topological polar surface area (TPSA) is 28.2 Å². The van der Waals surface area contributed by atoms with Crippen molar-refractivity contribution in [2.75, 3.05) is 11.4 Å². The Labute approximate surface area is 124 Å². The van der Waals surface area contributed by atoms with Crippen molar-refractivity contribution >= 4 is 5.82 Å². The Morgan fingerprint density at radius 1 is 1.15 bits per heavy atom. The molecule has 1 rings (SSSR count). The molecule has 3 nitrogen and oxygen atoms in total. The van der Waals surface area contributed by atoms with Crippen LogP contribution in [0.1, 0.15) is 59.2 Å². The van der Waals surface area contributed by atoms with Crippen LogP contribution in [0.25, 0.3) is 0 Å². The van der Waals surface area contributed by atoms with Crippen molar-refractivity contribution in [2.24, 2.45) is 0 Å². The highest BCUT2D eigenvalue weighted by molar-refractivity contribution is 5.43. The molecule has 3 heteroatoms. The first kappa shape index (κ1) is 17.0. The van der Waals surface area contributed by atoms with E-state index in [1.807, 2.05) is 0 Å². The Kier molecular flexibility index (Phi) is 7.00. The summed E-state index contributed by atoms with van der Waals surface area (Å²) in [6.45, 7) is 15.2. The van der Waals surface area contributed by atoms with Gasteiger partial charge >= 0.3 is 0 Å². The Morgan fingerprint density at radius 3 is 2.35 bits per heavy atom. The fraction of sp³-hybridized carbons (Fsp3) is 0.706. The zero-order valence-corrected chi connectivity index (χ0v) is 14.0. The van der Waals surface area contributed by atoms with Gasteiger partial charge in [-0.15, -0.1) is 0 Å². The van der Waals surface area contributed by atoms with Crippen LogP contribution in [0.2, 0.25) is 0 Å². The van der Waals surface area contributed by atoms with Gasteiger partial charge in [0.2, 0.25) is 0 Å². The minimum atomic E-state index is 0.508. The van der Waals surface area contributed by atoms with Crippen LogP contribution in [0, 0.1) is 0 Å². The zero-order valence-electron chi connectivity index (χ0n) is 14.0. The molecule has 114 valence electrons. The highest BCUT2D eigenvalue weighted by Crippen LogP contribution is 2.19. The van der Waals surface area contributed by atoms with E-state index in [0.717, 1.165) is 31.7 Å². The SMILES string of the molecule is CCc1cc(CNC(C)C)cc(N(CC)C(C)CC)n1. The number of hydrogen-bond donors (Lipinski definition) is 1. The van der Waals surface area contributed by atoms with Gasteiger partial charge in [0.05, 0.1) is 0 Å². The van der Waals surface area contributed by atoms with Gasteiger partial charge < -0.3 is 10.2 Å². The van der Waals surface area contributed by atoms with E-state index in [-0.39, 0.29) is 0 Å². The minimum absolute atomic E-state index is 0.508. The summed E-state index contributed by atoms with van der Waals surface area (Å²) in [7, 11) is 0. The van der Waals surface area contributed by atoms with E-state index in [2.05, 4.69) is 63.9 Å². The molecular weight excluding hydrogens is 246 g/mol. The Hall–Kier alpha value is -1.09. The predicted octanol–water partition coefficient (Wildman–Crippen LogP) is 3.77. The molecule has 20 heavy (non-hydrogen) atoms. The summed E-state index contributed by atoms with van der Waals surface area (Å²) in [5.41, 5.74) is 2.52. The Morgan fingerprint density at radius 2 is 1.85 bits per heavy atom. The van der Waals surface area contributed by atoms with Gasteiger partial charge in [-0.25, -0.2) is 4.98 Å². The maximum atomic E-state index is 4.82. The summed E-state index contributed by atoms with van der Waals surface area (Å²) in [5.74, 6) is 1.13. The van der Waals surface area contributed by atoms with Crippen LogP contribution in [0.4, 0.5) is 5.82 Å². The number of hydrogen-bond acceptors (Lipinski definition) is 3. The molecule has 0 radical (unpaired) electrons. The molecule has 0 aliphatic heterocycles. The predicted molar refractivity (Wildman–Crippen MR) is 88.4 cm³/mol. The maximum absolute atomic E-state index is 4.82. The minimum Gasteiger partial charge on any atom is -0.354 e. The van der Waals surface area contributed by atoms with E-state index < -0.39 is 0 Å². The van der Waals surface area contributed by atoms with Crippen molar-refractivity contribution in [1.82, 2.24) is 10.3 Å². The summed E-state index contributed by atoms with van der Waals surface area (Å²) in [6.07, 6.45) is 2.13. The summed E-state index contributed by atoms with van der Waals surface area (Å²) in [5, 5.41) is 3.49. The summed E-state index contributed by atoms with van der Waals surface area (Å²) in [6, 6.07) is 5.51. The fourth-order valence-electron chi connectivity index (χ4n) is 2.31. The van der Waals surface area contributed by atoms with E-state index in [4.69, 9.17) is 4.98 Å². The van der Waals surface area contributed by atoms with E-state index >= 15 is 0 Å². The van der Waals surface area contributed by atoms with Crippen LogP contribution in [-0.4, -0.2) is 23.6 Å². The molecule has 0 amide bonds. The molecule has 1 aromatic heterocycles. The van der Waals surface area contributed by atoms with E-state index in [1.54, 1.807) is 0 Å². The number of nitrogens with zero attached hydrogens (tertiary/aromatic N) is 2. The van der Waals surface area contributed by atoms with Crippen molar-refractivity contribution in [2.45, 2.75) is 73.0 Å².